The van der Waals surface area contributed by atoms with Gasteiger partial charge in [0, 0.05) is 22.6 Å². The lowest BCUT2D eigenvalue weighted by atomic mass is 10.1. The molecule has 3 N–H and O–H groups in total. The summed E-state index contributed by atoms with van der Waals surface area (Å²) in [5, 5.41) is 3.03. The van der Waals surface area contributed by atoms with Crippen LogP contribution in [-0.4, -0.2) is 18.5 Å². The number of carbonyl (C=O) groups is 1. The number of benzene rings is 1. The lowest BCUT2D eigenvalue weighted by Crippen LogP contribution is -2.41. The number of hydrogen-bond donors (Lipinski definition) is 2. The maximum atomic E-state index is 12.1. The smallest absolute Gasteiger partial charge is 0.251 e. The molecular formula is C13H18BrClN2O. The zero-order valence-electron chi connectivity index (χ0n) is 10.3. The second-order valence-corrected chi connectivity index (χ2v) is 5.42. The lowest BCUT2D eigenvalue weighted by Gasteiger charge is -2.17. The average molecular weight is 334 g/mol. The van der Waals surface area contributed by atoms with Crippen molar-refractivity contribution in [3.05, 3.63) is 33.8 Å². The van der Waals surface area contributed by atoms with Crippen molar-refractivity contribution in [1.82, 2.24) is 5.32 Å². The summed E-state index contributed by atoms with van der Waals surface area (Å²) in [5.41, 5.74) is 7.37. The molecule has 1 aromatic rings. The largest absolute Gasteiger partial charge is 0.348 e. The van der Waals surface area contributed by atoms with Crippen molar-refractivity contribution in [2.75, 3.05) is 6.54 Å². The summed E-state index contributed by atoms with van der Waals surface area (Å²) in [7, 11) is 0. The van der Waals surface area contributed by atoms with E-state index in [1.54, 1.807) is 0 Å². The minimum absolute atomic E-state index is 0. The second-order valence-electron chi connectivity index (χ2n) is 4.57. The van der Waals surface area contributed by atoms with Crippen LogP contribution in [0.25, 0.3) is 0 Å². The van der Waals surface area contributed by atoms with Crippen molar-refractivity contribution >= 4 is 34.2 Å². The van der Waals surface area contributed by atoms with Gasteiger partial charge in [0.25, 0.3) is 5.91 Å². The fraction of sp³-hybridized carbons (Fsp3) is 0.462. The molecule has 1 aliphatic rings. The van der Waals surface area contributed by atoms with Gasteiger partial charge >= 0.3 is 0 Å². The van der Waals surface area contributed by atoms with Gasteiger partial charge in [-0.15, -0.1) is 12.4 Å². The van der Waals surface area contributed by atoms with Gasteiger partial charge in [-0.05, 0) is 43.4 Å². The van der Waals surface area contributed by atoms with Gasteiger partial charge in [-0.2, -0.15) is 0 Å². The highest BCUT2D eigenvalue weighted by Gasteiger charge is 2.31. The van der Waals surface area contributed by atoms with Crippen molar-refractivity contribution < 1.29 is 4.79 Å². The van der Waals surface area contributed by atoms with E-state index in [1.807, 2.05) is 25.1 Å². The monoisotopic (exact) mass is 332 g/mol. The van der Waals surface area contributed by atoms with Crippen molar-refractivity contribution in [1.29, 1.82) is 0 Å². The van der Waals surface area contributed by atoms with Gasteiger partial charge in [0.2, 0.25) is 0 Å². The molecule has 5 heteroatoms. The van der Waals surface area contributed by atoms with Crippen LogP contribution in [0.3, 0.4) is 0 Å². The van der Waals surface area contributed by atoms with E-state index in [9.17, 15) is 4.79 Å². The molecule has 100 valence electrons. The minimum atomic E-state index is -0.0221. The molecule has 3 nitrogen and oxygen atoms in total. The molecule has 0 aromatic heterocycles. The van der Waals surface area contributed by atoms with Gasteiger partial charge in [0.05, 0.1) is 0 Å². The molecule has 1 saturated carbocycles. The summed E-state index contributed by atoms with van der Waals surface area (Å²) in [5.74, 6) is 0.558. The van der Waals surface area contributed by atoms with Crippen LogP contribution >= 0.6 is 28.3 Å². The molecule has 0 saturated heterocycles. The molecule has 0 aliphatic heterocycles. The maximum absolute atomic E-state index is 12.1. The van der Waals surface area contributed by atoms with Gasteiger partial charge in [-0.3, -0.25) is 4.79 Å². The summed E-state index contributed by atoms with van der Waals surface area (Å²) in [4.78, 5) is 12.1. The highest BCUT2D eigenvalue weighted by molar-refractivity contribution is 9.10. The first kappa shape index (κ1) is 15.5. The van der Waals surface area contributed by atoms with E-state index in [4.69, 9.17) is 5.73 Å². The average Bonchev–Trinajstić information content (AvgIpc) is 3.13. The van der Waals surface area contributed by atoms with E-state index in [-0.39, 0.29) is 24.4 Å². The summed E-state index contributed by atoms with van der Waals surface area (Å²) < 4.78 is 0.959. The second kappa shape index (κ2) is 6.55. The van der Waals surface area contributed by atoms with Crippen LogP contribution in [0.4, 0.5) is 0 Å². The van der Waals surface area contributed by atoms with Gasteiger partial charge < -0.3 is 11.1 Å². The van der Waals surface area contributed by atoms with Crippen LogP contribution in [0.5, 0.6) is 0 Å². The first-order chi connectivity index (χ1) is 8.13. The highest BCUT2D eigenvalue weighted by atomic mass is 79.9. The van der Waals surface area contributed by atoms with Gasteiger partial charge in [-0.1, -0.05) is 22.0 Å². The van der Waals surface area contributed by atoms with Crippen LogP contribution < -0.4 is 11.1 Å². The topological polar surface area (TPSA) is 55.1 Å². The minimum Gasteiger partial charge on any atom is -0.348 e. The van der Waals surface area contributed by atoms with Gasteiger partial charge in [0.15, 0.2) is 0 Å². The first-order valence-corrected chi connectivity index (χ1v) is 6.69. The Bertz CT molecular complexity index is 435. The van der Waals surface area contributed by atoms with E-state index in [2.05, 4.69) is 21.2 Å². The summed E-state index contributed by atoms with van der Waals surface area (Å²) >= 11 is 3.43. The molecule has 0 heterocycles. The highest BCUT2D eigenvalue weighted by Crippen LogP contribution is 2.32. The van der Waals surface area contributed by atoms with Crippen LogP contribution in [-0.2, 0) is 0 Å². The summed E-state index contributed by atoms with van der Waals surface area (Å²) in [6.45, 7) is 2.46. The zero-order chi connectivity index (χ0) is 12.4. The molecule has 1 unspecified atom stereocenters. The third-order valence-electron chi connectivity index (χ3n) is 3.27. The van der Waals surface area contributed by atoms with E-state index in [1.165, 1.54) is 12.8 Å². The van der Waals surface area contributed by atoms with Crippen molar-refractivity contribution in [3.63, 3.8) is 0 Å². The molecule has 1 fully saturated rings. The van der Waals surface area contributed by atoms with E-state index in [0.717, 1.165) is 15.6 Å². The number of rotatable bonds is 4. The van der Waals surface area contributed by atoms with E-state index in [0.29, 0.717) is 12.5 Å². The number of amides is 1. The van der Waals surface area contributed by atoms with Crippen molar-refractivity contribution in [3.8, 4) is 0 Å². The SMILES string of the molecule is Cc1c(Br)cccc1C(=O)NC(CN)C1CC1.Cl. The van der Waals surface area contributed by atoms with Crippen LogP contribution in [0.1, 0.15) is 28.8 Å². The molecule has 2 rings (SSSR count). The summed E-state index contributed by atoms with van der Waals surface area (Å²) in [6, 6.07) is 5.78. The van der Waals surface area contributed by atoms with Crippen molar-refractivity contribution in [2.45, 2.75) is 25.8 Å². The van der Waals surface area contributed by atoms with Gasteiger partial charge in [0.1, 0.15) is 0 Å². The Morgan fingerprint density at radius 2 is 2.22 bits per heavy atom. The summed E-state index contributed by atoms with van der Waals surface area (Å²) in [6.07, 6.45) is 2.36. The Balaban J connectivity index is 0.00000162. The van der Waals surface area contributed by atoms with E-state index < -0.39 is 0 Å². The predicted octanol–water partition coefficient (Wildman–Crippen LogP) is 2.65. The Kier molecular flexibility index (Phi) is 5.63. The van der Waals surface area contributed by atoms with Crippen LogP contribution in [0.15, 0.2) is 22.7 Å². The first-order valence-electron chi connectivity index (χ1n) is 5.89. The third-order valence-corrected chi connectivity index (χ3v) is 4.13. The zero-order valence-corrected chi connectivity index (χ0v) is 12.7. The van der Waals surface area contributed by atoms with Gasteiger partial charge in [-0.25, -0.2) is 0 Å². The number of nitrogens with one attached hydrogen (secondary N) is 1. The molecule has 1 amide bonds. The Hall–Kier alpha value is -0.580. The molecule has 18 heavy (non-hydrogen) atoms. The van der Waals surface area contributed by atoms with Crippen LogP contribution in [0.2, 0.25) is 0 Å². The number of carbonyl (C=O) groups excluding carboxylic acids is 1. The Labute approximate surface area is 122 Å². The van der Waals surface area contributed by atoms with Crippen LogP contribution in [0, 0.1) is 12.8 Å². The molecule has 1 aromatic carbocycles. The normalized spacial score (nSPS) is 15.7. The maximum Gasteiger partial charge on any atom is 0.251 e. The number of nitrogens with two attached hydrogens (primary N) is 1. The fourth-order valence-electron chi connectivity index (χ4n) is 1.97. The molecule has 0 bridgehead atoms. The third kappa shape index (κ3) is 3.46. The lowest BCUT2D eigenvalue weighted by molar-refractivity contribution is 0.0933. The molecule has 1 atom stereocenters. The van der Waals surface area contributed by atoms with E-state index >= 15 is 0 Å². The Morgan fingerprint density at radius 1 is 1.56 bits per heavy atom. The molecular weight excluding hydrogens is 316 g/mol. The quantitative estimate of drug-likeness (QED) is 0.890. The fourth-order valence-corrected chi connectivity index (χ4v) is 2.33. The number of halogens is 2. The van der Waals surface area contributed by atoms with Crippen molar-refractivity contribution in [2.24, 2.45) is 11.7 Å². The molecule has 0 radical (unpaired) electrons. The molecule has 1 aliphatic carbocycles. The molecule has 0 spiro atoms. The predicted molar refractivity (Wildman–Crippen MR) is 79.2 cm³/mol. The standard InChI is InChI=1S/C13H17BrN2O.ClH/c1-8-10(3-2-4-11(8)14)13(17)16-12(7-15)9-5-6-9;/h2-4,9,12H,5-7,15H2,1H3,(H,16,17);1H. The Morgan fingerprint density at radius 3 is 2.78 bits per heavy atom. The number of hydrogen-bond acceptors (Lipinski definition) is 2.